The molecule has 1 fully saturated rings. The number of thiol groups is 2. The SMILES string of the molecule is CC(COC(=O)CCCCN=[N+]=[N-])(COC(=O)CCCCN=[N+]=[N-])C(=O)OCCS.CCCCCC(=O)OCCN(C)C1C(N(C)CCCS)C1N(C)CCOC(=O)CCCCN=[N+]=[N-]. The minimum atomic E-state index is -1.36. The molecule has 0 aromatic rings. The number of carbonyl (C=O) groups is 5. The summed E-state index contributed by atoms with van der Waals surface area (Å²) in [5.41, 5.74) is 23.3. The molecule has 24 heteroatoms. The molecule has 0 aliphatic heterocycles. The zero-order chi connectivity index (χ0) is 48.7. The van der Waals surface area contributed by atoms with Gasteiger partial charge in [0, 0.05) is 97.0 Å². The number of esters is 5. The Labute approximate surface area is 395 Å². The third-order valence-electron chi connectivity index (χ3n) is 10.3. The minimum Gasteiger partial charge on any atom is -0.464 e. The Morgan fingerprint density at radius 2 is 0.892 bits per heavy atom. The van der Waals surface area contributed by atoms with Crippen molar-refractivity contribution in [2.75, 3.05) is 105 Å². The van der Waals surface area contributed by atoms with E-state index in [0.29, 0.717) is 108 Å². The van der Waals surface area contributed by atoms with E-state index >= 15 is 0 Å². The van der Waals surface area contributed by atoms with Crippen LogP contribution in [0.3, 0.4) is 0 Å². The van der Waals surface area contributed by atoms with E-state index in [1.807, 2.05) is 0 Å². The van der Waals surface area contributed by atoms with Crippen LogP contribution in [0, 0.1) is 5.41 Å². The highest BCUT2D eigenvalue weighted by molar-refractivity contribution is 7.80. The molecule has 0 spiro atoms. The molecule has 1 aliphatic carbocycles. The molecule has 22 nitrogen and oxygen atoms in total. The van der Waals surface area contributed by atoms with Gasteiger partial charge in [-0.25, -0.2) is 0 Å². The van der Waals surface area contributed by atoms with Gasteiger partial charge in [-0.2, -0.15) is 25.3 Å². The summed E-state index contributed by atoms with van der Waals surface area (Å²) in [4.78, 5) is 74.9. The number of nitrogens with zero attached hydrogens (tertiary/aromatic N) is 12. The lowest BCUT2D eigenvalue weighted by molar-refractivity contribution is -0.169. The van der Waals surface area contributed by atoms with Crippen molar-refractivity contribution in [3.05, 3.63) is 31.3 Å². The van der Waals surface area contributed by atoms with Crippen LogP contribution >= 0.6 is 25.3 Å². The number of ether oxygens (including phenoxy) is 5. The first-order chi connectivity index (χ1) is 31.3. The molecule has 0 aromatic heterocycles. The van der Waals surface area contributed by atoms with Crippen molar-refractivity contribution < 1.29 is 47.7 Å². The summed E-state index contributed by atoms with van der Waals surface area (Å²) in [6.07, 6.45) is 8.47. The molecule has 3 atom stereocenters. The fraction of sp³-hybridized carbons (Fsp3) is 0.878. The van der Waals surface area contributed by atoms with Crippen LogP contribution in [-0.2, 0) is 47.7 Å². The minimum absolute atomic E-state index is 0.0677. The average molecular weight is 959 g/mol. The lowest BCUT2D eigenvalue weighted by atomic mass is 9.93. The molecule has 0 aromatic carbocycles. The molecule has 1 saturated carbocycles. The normalized spacial score (nSPS) is 15.8. The zero-order valence-electron chi connectivity index (χ0n) is 39.2. The van der Waals surface area contributed by atoms with Gasteiger partial charge in [-0.15, -0.1) is 0 Å². The van der Waals surface area contributed by atoms with Crippen LogP contribution in [0.25, 0.3) is 31.3 Å². The van der Waals surface area contributed by atoms with E-state index in [0.717, 1.165) is 38.0 Å². The van der Waals surface area contributed by atoms with E-state index in [1.54, 1.807) is 0 Å². The molecule has 370 valence electrons. The zero-order valence-corrected chi connectivity index (χ0v) is 41.0. The van der Waals surface area contributed by atoms with Gasteiger partial charge in [0.1, 0.15) is 38.4 Å². The second-order valence-corrected chi connectivity index (χ2v) is 16.8. The average Bonchev–Trinajstić information content (AvgIpc) is 4.05. The topological polar surface area (TPSA) is 288 Å². The number of hydrogen-bond donors (Lipinski definition) is 2. The number of hydrogen-bond acceptors (Lipinski definition) is 18. The number of azide groups is 3. The number of carbonyl (C=O) groups excluding carboxylic acids is 5. The van der Waals surface area contributed by atoms with Crippen molar-refractivity contribution in [2.24, 2.45) is 20.8 Å². The van der Waals surface area contributed by atoms with Crippen molar-refractivity contribution >= 4 is 55.1 Å². The molecule has 1 aliphatic rings. The van der Waals surface area contributed by atoms with Crippen LogP contribution in [0.15, 0.2) is 15.3 Å². The van der Waals surface area contributed by atoms with Crippen molar-refractivity contribution in [1.82, 2.24) is 14.7 Å². The van der Waals surface area contributed by atoms with E-state index in [9.17, 15) is 24.0 Å². The van der Waals surface area contributed by atoms with Crippen LogP contribution in [0.5, 0.6) is 0 Å². The Balaban J connectivity index is 0.00000128. The number of rotatable bonds is 38. The summed E-state index contributed by atoms with van der Waals surface area (Å²) in [5, 5.41) is 10.2. The summed E-state index contributed by atoms with van der Waals surface area (Å²) < 4.78 is 26.3. The Bertz CT molecular complexity index is 1490. The quantitative estimate of drug-likeness (QED) is 0.0121. The Morgan fingerprint density at radius 1 is 0.523 bits per heavy atom. The number of unbranched alkanes of at least 4 members (excludes halogenated alkanes) is 5. The molecule has 0 heterocycles. The molecule has 0 N–H and O–H groups in total. The fourth-order valence-corrected chi connectivity index (χ4v) is 6.69. The van der Waals surface area contributed by atoms with Gasteiger partial charge in [-0.3, -0.25) is 33.8 Å². The number of likely N-dealkylation sites (N-methyl/N-ethyl adjacent to an activating group) is 3. The first-order valence-corrected chi connectivity index (χ1v) is 23.7. The molecule has 1 rings (SSSR count). The van der Waals surface area contributed by atoms with Crippen LogP contribution in [0.2, 0.25) is 0 Å². The first kappa shape index (κ1) is 60.9. The first-order valence-electron chi connectivity index (χ1n) is 22.4. The van der Waals surface area contributed by atoms with Gasteiger partial charge in [-0.1, -0.05) is 35.1 Å². The Morgan fingerprint density at radius 3 is 1.25 bits per heavy atom. The van der Waals surface area contributed by atoms with Gasteiger partial charge < -0.3 is 28.6 Å². The molecule has 3 unspecified atom stereocenters. The predicted molar refractivity (Wildman–Crippen MR) is 252 cm³/mol. The largest absolute Gasteiger partial charge is 0.464 e. The molecule has 0 bridgehead atoms. The van der Waals surface area contributed by atoms with Crippen LogP contribution in [0.4, 0.5) is 0 Å². The van der Waals surface area contributed by atoms with Crippen LogP contribution < -0.4 is 0 Å². The summed E-state index contributed by atoms with van der Waals surface area (Å²) in [7, 11) is 6.30. The predicted octanol–water partition coefficient (Wildman–Crippen LogP) is 6.88. The lowest BCUT2D eigenvalue weighted by Gasteiger charge is -2.26. The molecule has 0 amide bonds. The van der Waals surface area contributed by atoms with Gasteiger partial charge in [0.15, 0.2) is 0 Å². The summed E-state index contributed by atoms with van der Waals surface area (Å²) in [6, 6.07) is 0.995. The van der Waals surface area contributed by atoms with E-state index in [-0.39, 0.29) is 57.7 Å². The highest BCUT2D eigenvalue weighted by Gasteiger charge is 2.56. The van der Waals surface area contributed by atoms with E-state index in [4.69, 9.17) is 40.3 Å². The monoisotopic (exact) mass is 959 g/mol. The van der Waals surface area contributed by atoms with Crippen molar-refractivity contribution in [3.8, 4) is 0 Å². The molecule has 65 heavy (non-hydrogen) atoms. The fourth-order valence-electron chi connectivity index (χ4n) is 6.45. The van der Waals surface area contributed by atoms with Crippen LogP contribution in [-0.4, -0.2) is 168 Å². The maximum absolute atomic E-state index is 12.4. The van der Waals surface area contributed by atoms with Crippen molar-refractivity contribution in [2.45, 2.75) is 122 Å². The maximum atomic E-state index is 12.4. The summed E-state index contributed by atoms with van der Waals surface area (Å²) in [5.74, 6) is -0.862. The van der Waals surface area contributed by atoms with Crippen molar-refractivity contribution in [1.29, 1.82) is 0 Å². The van der Waals surface area contributed by atoms with Gasteiger partial charge >= 0.3 is 29.8 Å². The maximum Gasteiger partial charge on any atom is 0.318 e. The molecular formula is C41H74N12O10S2. The molecule has 0 saturated heterocycles. The summed E-state index contributed by atoms with van der Waals surface area (Å²) in [6.45, 7) is 7.11. The third kappa shape index (κ3) is 29.9. The van der Waals surface area contributed by atoms with Gasteiger partial charge in [-0.05, 0) is 108 Å². The second kappa shape index (κ2) is 39.1. The Kier molecular flexibility index (Phi) is 36.6. The van der Waals surface area contributed by atoms with E-state index in [1.165, 1.54) is 6.92 Å². The lowest BCUT2D eigenvalue weighted by Crippen LogP contribution is -2.40. The third-order valence-corrected chi connectivity index (χ3v) is 10.8. The highest BCUT2D eigenvalue weighted by Crippen LogP contribution is 2.36. The second-order valence-electron chi connectivity index (χ2n) is 15.9. The smallest absolute Gasteiger partial charge is 0.318 e. The van der Waals surface area contributed by atoms with Gasteiger partial charge in [0.25, 0.3) is 0 Å². The van der Waals surface area contributed by atoms with Crippen molar-refractivity contribution in [3.63, 3.8) is 0 Å². The van der Waals surface area contributed by atoms with Gasteiger partial charge in [0.05, 0.1) is 0 Å². The van der Waals surface area contributed by atoms with E-state index in [2.05, 4.69) is 98.1 Å². The van der Waals surface area contributed by atoms with Gasteiger partial charge in [0.2, 0.25) is 0 Å². The molecule has 0 radical (unpaired) electrons. The highest BCUT2D eigenvalue weighted by atomic mass is 32.1. The van der Waals surface area contributed by atoms with E-state index < -0.39 is 23.3 Å². The summed E-state index contributed by atoms with van der Waals surface area (Å²) >= 11 is 8.32. The standard InChI is InChI=1S/C24H46N6O4S.C17H28N6O6S/c1-5-6-7-11-20(31)33-17-15-29(3)23-22(28(2)14-10-19-35)24(23)30(4)16-18-34-21(32)12-8-9-13-26-27-25;1-17(16(26)27-10-11-30,12-28-14(24)6-2-4-8-20-22-18)13-29-15(25)7-3-5-9-21-23-19/h22-24,35H,5-19H2,1-4H3;30H,2-13H2,1H3. The van der Waals surface area contributed by atoms with Crippen LogP contribution in [0.1, 0.15) is 104 Å². The Hall–Kier alpha value is -4.14. The molecular weight excluding hydrogens is 885 g/mol.